The van der Waals surface area contributed by atoms with E-state index in [1.807, 2.05) is 204 Å². The Hall–Kier alpha value is -9.57. The first-order chi connectivity index (χ1) is 67.9. The van der Waals surface area contributed by atoms with Crippen LogP contribution in [0.4, 0.5) is 38.4 Å². The van der Waals surface area contributed by atoms with Gasteiger partial charge >= 0.3 is 48.7 Å². The standard InChI is InChI=1S/C23H34N2O5.C22H32N2O5.C15H28N2O3.C14H26N2O3.C14H20N2O3.C9H17NO3.C5H5NO.C4H8O.CH4O.ClH/c1-23(2,3)30-21(26)24(4)18-14-20(15-18)29-19-10-12-25(13-11-19)22(27)28-16-17-8-6-5-7-9-17;1-22(2,3)29-20(25)23-17-13-19(14-17)28-18-9-11-24(12-10-18)21(26)27-15-16-7-5-4-6-8-16;1-15(2,3)20-14(18)17(4)11-9-13(10-11)19-12-5-7-16-8-6-12;2*1-14(2,3)19-13(17)16-10-8-12(9-10)18-11-4-6-15-7-5-11;1-9(2,3)13-8(12)10-6-4-7(11)5-6;7-5-1-3-6-4-2-5;1-2-4-5-3-1;1-2;/h5-9,18-20H,10-16H2,1-4H3;4-8,17-19H,9-15H2,1-3H3,(H,23,25);11-13,16H,5-10H2,1-4H3;10-12,15H,4-9H2,1-3H3,(H,16,17);4-7,10,12H,8-9H2,1-3H3,(H,16,17);6-7,11H,4-5H2,1-3H3,(H,10,12);1-4H,(H,6,7);1-4H2;2H,1H3;1H. The molecule has 9 N–H and O–H groups in total. The Kier molecular flexibility index (Phi) is 53.1. The van der Waals surface area contributed by atoms with Crippen molar-refractivity contribution in [2.24, 2.45) is 0 Å². The molecule has 2 aromatic carbocycles. The number of aliphatic hydroxyl groups excluding tert-OH is 2. The van der Waals surface area contributed by atoms with Gasteiger partial charge in [-0.2, -0.15) is 0 Å². The first kappa shape index (κ1) is 124. The number of aliphatic hydroxyl groups is 2. The molecule has 2 aromatic heterocycles. The number of H-pyrrole nitrogens is 1. The van der Waals surface area contributed by atoms with Crippen LogP contribution in [0.2, 0.25) is 0 Å². The summed E-state index contributed by atoms with van der Waals surface area (Å²) in [6, 6.07) is 27.0. The summed E-state index contributed by atoms with van der Waals surface area (Å²) in [6.45, 7) is 42.8. The van der Waals surface area contributed by atoms with Crippen LogP contribution in [0.1, 0.15) is 277 Å². The summed E-state index contributed by atoms with van der Waals surface area (Å²) in [5.41, 5.74) is -0.731. The zero-order chi connectivity index (χ0) is 106. The number of hydrogen-bond donors (Lipinski definition) is 9. The first-order valence-electron chi connectivity index (χ1n) is 51.7. The molecule has 15 rings (SSSR count). The Labute approximate surface area is 866 Å². The lowest BCUT2D eigenvalue weighted by molar-refractivity contribution is -0.0988. The third-order valence-electron chi connectivity index (χ3n) is 24.3. The molecule has 820 valence electrons. The number of carbonyl (C=O) groups excluding carboxylic acids is 8. The fourth-order valence-corrected chi connectivity index (χ4v) is 16.3. The highest BCUT2D eigenvalue weighted by atomic mass is 35.5. The van der Waals surface area contributed by atoms with Gasteiger partial charge in [0, 0.05) is 147 Å². The number of aromatic amines is 1. The number of aromatic nitrogens is 2. The number of amides is 8. The van der Waals surface area contributed by atoms with E-state index in [9.17, 15) is 43.2 Å². The molecule has 11 aliphatic rings. The normalized spacial score (nSPS) is 23.4. The number of pyridine rings is 2. The third-order valence-corrected chi connectivity index (χ3v) is 24.3. The highest BCUT2D eigenvalue weighted by Crippen LogP contribution is 2.36. The predicted octanol–water partition coefficient (Wildman–Crippen LogP) is 16.8. The van der Waals surface area contributed by atoms with E-state index in [0.717, 1.165) is 179 Å². The number of ether oxygens (including phenoxy) is 14. The smallest absolute Gasteiger partial charge is 0.410 e. The minimum absolute atomic E-state index is 0. The molecule has 5 saturated heterocycles. The molecule has 0 atom stereocenters. The summed E-state index contributed by atoms with van der Waals surface area (Å²) in [7, 11) is 4.61. The molecular formula is C107H175ClN12O25. The number of benzene rings is 2. The van der Waals surface area contributed by atoms with Crippen molar-refractivity contribution in [3.63, 3.8) is 0 Å². The second-order valence-corrected chi connectivity index (χ2v) is 44.2. The van der Waals surface area contributed by atoms with Gasteiger partial charge in [-0.05, 0) is 302 Å². The molecular weight excluding hydrogens is 1890 g/mol. The topological polar surface area (TPSA) is 437 Å². The highest BCUT2D eigenvalue weighted by Gasteiger charge is 2.43. The minimum Gasteiger partial charge on any atom is -0.490 e. The van der Waals surface area contributed by atoms with Crippen molar-refractivity contribution >= 4 is 61.2 Å². The average Bonchev–Trinajstić information content (AvgIpc) is 1.33. The SMILES string of the molecule is C1CCOC1.CC(C)(C)OC(=O)NC1CC(O)C1.CC(C)(C)OC(=O)NC1CC(OC2CCN(C(=O)OCc3ccccc3)CC2)C1.CC(C)(C)OC(=O)NC1CC(OC2CCNCC2)C1.CC(C)(C)OC(=O)NC1CC(Oc2ccncc2)C1.CN(C(=O)OC(C)(C)C)C1CC(OC2CCN(C(=O)OCc3ccccc3)CC2)C1.CN(C(=O)OC(C)(C)C)C1CC(OC2CCNCC2)C1.CO.Cl.O=c1cc[nH]cc1. The Morgan fingerprint density at radius 3 is 0.959 bits per heavy atom. The van der Waals surface area contributed by atoms with Crippen molar-refractivity contribution < 1.29 is 115 Å². The van der Waals surface area contributed by atoms with Gasteiger partial charge in [-0.3, -0.25) is 9.78 Å². The molecule has 6 aliphatic carbocycles. The number of nitrogens with one attached hydrogen (secondary N) is 7. The Morgan fingerprint density at radius 2 is 0.683 bits per heavy atom. The molecule has 4 aromatic rings. The van der Waals surface area contributed by atoms with Crippen LogP contribution < -0.4 is 42.1 Å². The van der Waals surface area contributed by atoms with Crippen molar-refractivity contribution in [3.05, 3.63) is 131 Å². The largest absolute Gasteiger partial charge is 0.490 e. The maximum atomic E-state index is 12.3. The van der Waals surface area contributed by atoms with E-state index < -0.39 is 39.7 Å². The van der Waals surface area contributed by atoms with Gasteiger partial charge in [-0.1, -0.05) is 60.7 Å². The van der Waals surface area contributed by atoms with Crippen LogP contribution in [0.25, 0.3) is 0 Å². The Bertz CT molecular complexity index is 4370. The zero-order valence-electron chi connectivity index (χ0n) is 90.1. The van der Waals surface area contributed by atoms with Crippen LogP contribution >= 0.6 is 12.4 Å². The lowest BCUT2D eigenvalue weighted by Gasteiger charge is -2.43. The molecule has 145 heavy (non-hydrogen) atoms. The number of hydrogen-bond acceptors (Lipinski definition) is 28. The number of nitrogens with zero attached hydrogens (tertiary/aromatic N) is 5. The van der Waals surface area contributed by atoms with Crippen LogP contribution in [-0.4, -0.2) is 306 Å². The fraction of sp³-hybridized carbons (Fsp3) is 0.720. The molecule has 0 unspecified atom stereocenters. The van der Waals surface area contributed by atoms with E-state index in [1.54, 1.807) is 51.4 Å². The van der Waals surface area contributed by atoms with E-state index >= 15 is 0 Å². The second-order valence-electron chi connectivity index (χ2n) is 44.2. The van der Waals surface area contributed by atoms with Gasteiger partial charge < -0.3 is 133 Å². The number of piperidine rings is 4. The molecule has 0 spiro atoms. The van der Waals surface area contributed by atoms with Crippen molar-refractivity contribution in [1.29, 1.82) is 0 Å². The summed E-state index contributed by atoms with van der Waals surface area (Å²) >= 11 is 0. The molecule has 6 saturated carbocycles. The first-order valence-corrected chi connectivity index (χ1v) is 51.7. The van der Waals surface area contributed by atoms with E-state index in [2.05, 4.69) is 41.9 Å². The summed E-state index contributed by atoms with van der Waals surface area (Å²) in [5.74, 6) is 0.815. The molecule has 7 heterocycles. The summed E-state index contributed by atoms with van der Waals surface area (Å²) in [6.07, 6.45) is 26.1. The zero-order valence-corrected chi connectivity index (χ0v) is 90.9. The third kappa shape index (κ3) is 52.7. The molecule has 0 radical (unpaired) electrons. The van der Waals surface area contributed by atoms with Crippen molar-refractivity contribution in [2.45, 2.75) is 410 Å². The fourth-order valence-electron chi connectivity index (χ4n) is 16.3. The van der Waals surface area contributed by atoms with E-state index in [4.69, 9.17) is 76.5 Å². The van der Waals surface area contributed by atoms with E-state index in [-0.39, 0.29) is 133 Å². The van der Waals surface area contributed by atoms with Crippen LogP contribution in [0, 0.1) is 0 Å². The van der Waals surface area contributed by atoms with Crippen LogP contribution in [-0.2, 0) is 74.8 Å². The van der Waals surface area contributed by atoms with Crippen LogP contribution in [0.3, 0.4) is 0 Å². The summed E-state index contributed by atoms with van der Waals surface area (Å²) < 4.78 is 77.4. The predicted molar refractivity (Wildman–Crippen MR) is 554 cm³/mol. The number of halogens is 1. The van der Waals surface area contributed by atoms with Crippen molar-refractivity contribution in [2.75, 3.05) is 86.8 Å². The number of rotatable bonds is 20. The van der Waals surface area contributed by atoms with E-state index in [1.165, 1.54) is 25.0 Å². The Balaban J connectivity index is 0.000000262. The van der Waals surface area contributed by atoms with Gasteiger partial charge in [-0.25, -0.2) is 38.4 Å². The lowest BCUT2D eigenvalue weighted by Crippen LogP contribution is -2.51. The van der Waals surface area contributed by atoms with Crippen LogP contribution in [0.5, 0.6) is 5.75 Å². The van der Waals surface area contributed by atoms with Gasteiger partial charge in [0.1, 0.15) is 58.7 Å². The monoisotopic (exact) mass is 2060 g/mol. The molecule has 8 amide bonds. The average molecular weight is 2070 g/mol. The van der Waals surface area contributed by atoms with Gasteiger partial charge in [0.15, 0.2) is 5.43 Å². The molecule has 37 nitrogen and oxygen atoms in total. The van der Waals surface area contributed by atoms with Gasteiger partial charge in [0.2, 0.25) is 0 Å². The van der Waals surface area contributed by atoms with Crippen LogP contribution in [0.15, 0.2) is 115 Å². The van der Waals surface area contributed by atoms with Crippen molar-refractivity contribution in [1.82, 2.24) is 61.5 Å². The highest BCUT2D eigenvalue weighted by molar-refractivity contribution is 5.85. The second kappa shape index (κ2) is 62.0. The molecule has 11 fully saturated rings. The number of likely N-dealkylation sites (tertiary alicyclic amines) is 2. The Morgan fingerprint density at radius 1 is 0.393 bits per heavy atom. The summed E-state index contributed by atoms with van der Waals surface area (Å²) in [4.78, 5) is 118. The van der Waals surface area contributed by atoms with Gasteiger partial charge in [-0.15, -0.1) is 12.4 Å². The maximum Gasteiger partial charge on any atom is 0.410 e. The minimum atomic E-state index is -0.486. The van der Waals surface area contributed by atoms with E-state index in [0.29, 0.717) is 76.7 Å². The summed E-state index contributed by atoms with van der Waals surface area (Å²) in [5, 5.41) is 33.9. The molecule has 38 heteroatoms. The maximum absolute atomic E-state index is 12.3. The number of alkyl carbamates (subject to hydrolysis) is 4. The van der Waals surface area contributed by atoms with Crippen molar-refractivity contribution in [3.8, 4) is 5.75 Å². The lowest BCUT2D eigenvalue weighted by atomic mass is 9.88. The molecule has 0 bridgehead atoms. The van der Waals surface area contributed by atoms with Gasteiger partial charge in [0.05, 0.1) is 54.9 Å². The molecule has 5 aliphatic heterocycles. The number of carbonyl (C=O) groups is 8. The van der Waals surface area contributed by atoms with Gasteiger partial charge in [0.25, 0.3) is 0 Å². The quantitative estimate of drug-likeness (QED) is 0.0371.